The van der Waals surface area contributed by atoms with E-state index in [4.69, 9.17) is 4.42 Å². The molecule has 146 valence electrons. The maximum atomic E-state index is 13.1. The van der Waals surface area contributed by atoms with Crippen LogP contribution in [0.2, 0.25) is 0 Å². The van der Waals surface area contributed by atoms with Crippen LogP contribution in [0.15, 0.2) is 71.3 Å². The van der Waals surface area contributed by atoms with E-state index in [2.05, 4.69) is 29.4 Å². The normalized spacial score (nSPS) is 15.1. The summed E-state index contributed by atoms with van der Waals surface area (Å²) >= 11 is 0. The van der Waals surface area contributed by atoms with Gasteiger partial charge in [0.05, 0.1) is 0 Å². The Morgan fingerprint density at radius 1 is 1.00 bits per heavy atom. The molecule has 1 amide bonds. The zero-order valence-electron chi connectivity index (χ0n) is 15.9. The fraction of sp³-hybridized carbons (Fsp3) is 0.208. The van der Waals surface area contributed by atoms with Crippen LogP contribution in [0.5, 0.6) is 0 Å². The predicted molar refractivity (Wildman–Crippen MR) is 110 cm³/mol. The number of carbonyl (C=O) groups excluding carboxylic acids is 1. The first kappa shape index (κ1) is 17.7. The standard InChI is InChI=1S/C24H21FN2O2/c25-18-7-5-17(6-8-18)22-9-10-23(29-22)24(28)27-13-11-16(12-14-27)20-15-26-21-4-2-1-3-19(20)21/h1-10,15-16,26H,11-14H2. The third-order valence-electron chi connectivity index (χ3n) is 5.79. The zero-order valence-corrected chi connectivity index (χ0v) is 15.9. The van der Waals surface area contributed by atoms with E-state index in [-0.39, 0.29) is 11.7 Å². The molecule has 1 aliphatic rings. The molecule has 1 N–H and O–H groups in total. The van der Waals surface area contributed by atoms with Gasteiger partial charge in [-0.1, -0.05) is 18.2 Å². The number of aromatic amines is 1. The van der Waals surface area contributed by atoms with Gasteiger partial charge in [0.2, 0.25) is 0 Å². The fourth-order valence-corrected chi connectivity index (χ4v) is 4.20. The second-order valence-electron chi connectivity index (χ2n) is 7.53. The number of amides is 1. The maximum absolute atomic E-state index is 13.1. The number of carbonyl (C=O) groups is 1. The van der Waals surface area contributed by atoms with Crippen molar-refractivity contribution in [3.05, 3.63) is 84.0 Å². The minimum atomic E-state index is -0.297. The van der Waals surface area contributed by atoms with Crippen molar-refractivity contribution >= 4 is 16.8 Å². The molecule has 0 radical (unpaired) electrons. The molecule has 3 heterocycles. The van der Waals surface area contributed by atoms with Gasteiger partial charge in [0.25, 0.3) is 5.91 Å². The molecule has 2 aromatic carbocycles. The molecule has 5 rings (SSSR count). The highest BCUT2D eigenvalue weighted by Crippen LogP contribution is 2.33. The lowest BCUT2D eigenvalue weighted by Crippen LogP contribution is -2.37. The van der Waals surface area contributed by atoms with E-state index in [1.54, 1.807) is 24.3 Å². The van der Waals surface area contributed by atoms with Crippen LogP contribution in [0, 0.1) is 5.82 Å². The lowest BCUT2D eigenvalue weighted by molar-refractivity contribution is 0.0682. The van der Waals surface area contributed by atoms with E-state index >= 15 is 0 Å². The van der Waals surface area contributed by atoms with Crippen molar-refractivity contribution < 1.29 is 13.6 Å². The Hall–Kier alpha value is -3.34. The third kappa shape index (κ3) is 3.33. The monoisotopic (exact) mass is 388 g/mol. The number of rotatable bonds is 3. The van der Waals surface area contributed by atoms with Crippen molar-refractivity contribution in [2.75, 3.05) is 13.1 Å². The number of para-hydroxylation sites is 1. The van der Waals surface area contributed by atoms with Gasteiger partial charge in [0.15, 0.2) is 5.76 Å². The van der Waals surface area contributed by atoms with Gasteiger partial charge in [0.1, 0.15) is 11.6 Å². The van der Waals surface area contributed by atoms with E-state index in [1.807, 2.05) is 11.0 Å². The summed E-state index contributed by atoms with van der Waals surface area (Å²) in [6, 6.07) is 17.9. The Kier molecular flexibility index (Phi) is 4.43. The average Bonchev–Trinajstić information content (AvgIpc) is 3.42. The first-order valence-electron chi connectivity index (χ1n) is 9.90. The second kappa shape index (κ2) is 7.24. The molecule has 1 aliphatic heterocycles. The highest BCUT2D eigenvalue weighted by atomic mass is 19.1. The van der Waals surface area contributed by atoms with Crippen molar-refractivity contribution in [3.8, 4) is 11.3 Å². The van der Waals surface area contributed by atoms with Crippen LogP contribution in [0.3, 0.4) is 0 Å². The number of hydrogen-bond acceptors (Lipinski definition) is 2. The zero-order chi connectivity index (χ0) is 19.8. The van der Waals surface area contributed by atoms with Gasteiger partial charge >= 0.3 is 0 Å². The SMILES string of the molecule is O=C(c1ccc(-c2ccc(F)cc2)o1)N1CCC(c2c[nH]c3ccccc23)CC1. The number of fused-ring (bicyclic) bond motifs is 1. The number of H-pyrrole nitrogens is 1. The Morgan fingerprint density at radius 3 is 2.55 bits per heavy atom. The van der Waals surface area contributed by atoms with Crippen LogP contribution in [0.25, 0.3) is 22.2 Å². The van der Waals surface area contributed by atoms with Gasteiger partial charge in [-0.3, -0.25) is 4.79 Å². The molecule has 0 aliphatic carbocycles. The number of likely N-dealkylation sites (tertiary alicyclic amines) is 1. The van der Waals surface area contributed by atoms with Crippen molar-refractivity contribution in [2.45, 2.75) is 18.8 Å². The van der Waals surface area contributed by atoms with Gasteiger partial charge in [0, 0.05) is 35.8 Å². The van der Waals surface area contributed by atoms with Crippen LogP contribution in [0.1, 0.15) is 34.9 Å². The van der Waals surface area contributed by atoms with Gasteiger partial charge in [-0.05, 0) is 66.8 Å². The molecule has 5 heteroatoms. The molecule has 4 nitrogen and oxygen atoms in total. The molecule has 0 spiro atoms. The van der Waals surface area contributed by atoms with Gasteiger partial charge in [-0.2, -0.15) is 0 Å². The van der Waals surface area contributed by atoms with E-state index in [0.717, 1.165) is 23.9 Å². The summed E-state index contributed by atoms with van der Waals surface area (Å²) in [6.45, 7) is 1.41. The molecule has 1 saturated heterocycles. The molecule has 1 fully saturated rings. The summed E-state index contributed by atoms with van der Waals surface area (Å²) in [4.78, 5) is 18.1. The number of piperidine rings is 1. The summed E-state index contributed by atoms with van der Waals surface area (Å²) in [5.41, 5.74) is 3.25. The molecule has 0 atom stereocenters. The van der Waals surface area contributed by atoms with E-state index in [1.165, 1.54) is 23.1 Å². The molecule has 29 heavy (non-hydrogen) atoms. The Bertz CT molecular complexity index is 1150. The average molecular weight is 388 g/mol. The first-order chi connectivity index (χ1) is 14.2. The van der Waals surface area contributed by atoms with Crippen molar-refractivity contribution in [1.29, 1.82) is 0 Å². The number of halogens is 1. The first-order valence-corrected chi connectivity index (χ1v) is 9.90. The third-order valence-corrected chi connectivity index (χ3v) is 5.79. The van der Waals surface area contributed by atoms with Crippen molar-refractivity contribution in [1.82, 2.24) is 9.88 Å². The summed E-state index contributed by atoms with van der Waals surface area (Å²) < 4.78 is 18.9. The van der Waals surface area contributed by atoms with Crippen LogP contribution >= 0.6 is 0 Å². The number of nitrogens with one attached hydrogen (secondary N) is 1. The number of nitrogens with zero attached hydrogens (tertiary/aromatic N) is 1. The van der Waals surface area contributed by atoms with Crippen molar-refractivity contribution in [2.24, 2.45) is 0 Å². The van der Waals surface area contributed by atoms with Crippen molar-refractivity contribution in [3.63, 3.8) is 0 Å². The molecule has 0 saturated carbocycles. The van der Waals surface area contributed by atoms with Crippen LogP contribution in [-0.2, 0) is 0 Å². The second-order valence-corrected chi connectivity index (χ2v) is 7.53. The number of aromatic nitrogens is 1. The quantitative estimate of drug-likeness (QED) is 0.498. The fourth-order valence-electron chi connectivity index (χ4n) is 4.20. The smallest absolute Gasteiger partial charge is 0.289 e. The number of furan rings is 1. The lowest BCUT2D eigenvalue weighted by Gasteiger charge is -2.31. The number of benzene rings is 2. The Morgan fingerprint density at radius 2 is 1.76 bits per heavy atom. The Labute approximate surface area is 168 Å². The highest BCUT2D eigenvalue weighted by molar-refractivity contribution is 5.92. The van der Waals surface area contributed by atoms with Crippen LogP contribution in [-0.4, -0.2) is 28.9 Å². The molecule has 0 bridgehead atoms. The summed E-state index contributed by atoms with van der Waals surface area (Å²) in [5, 5.41) is 1.27. The van der Waals surface area contributed by atoms with Gasteiger partial charge in [-0.15, -0.1) is 0 Å². The number of hydrogen-bond donors (Lipinski definition) is 1. The minimum absolute atomic E-state index is 0.0873. The topological polar surface area (TPSA) is 49.2 Å². The largest absolute Gasteiger partial charge is 0.451 e. The molecular weight excluding hydrogens is 367 g/mol. The van der Waals surface area contributed by atoms with E-state index < -0.39 is 0 Å². The molecule has 2 aromatic heterocycles. The summed E-state index contributed by atoms with van der Waals surface area (Å²) in [5.74, 6) is 0.962. The highest BCUT2D eigenvalue weighted by Gasteiger charge is 2.27. The minimum Gasteiger partial charge on any atom is -0.451 e. The maximum Gasteiger partial charge on any atom is 0.289 e. The molecular formula is C24H21FN2O2. The van der Waals surface area contributed by atoms with E-state index in [0.29, 0.717) is 30.5 Å². The van der Waals surface area contributed by atoms with Crippen LogP contribution in [0.4, 0.5) is 4.39 Å². The Balaban J connectivity index is 1.27. The van der Waals surface area contributed by atoms with Crippen LogP contribution < -0.4 is 0 Å². The predicted octanol–water partition coefficient (Wildman–Crippen LogP) is 5.59. The van der Waals surface area contributed by atoms with E-state index in [9.17, 15) is 9.18 Å². The summed E-state index contributed by atoms with van der Waals surface area (Å²) in [7, 11) is 0. The molecule has 4 aromatic rings. The van der Waals surface area contributed by atoms with Gasteiger partial charge in [-0.25, -0.2) is 4.39 Å². The summed E-state index contributed by atoms with van der Waals surface area (Å²) in [6.07, 6.45) is 3.96. The van der Waals surface area contributed by atoms with Gasteiger partial charge < -0.3 is 14.3 Å². The lowest BCUT2D eigenvalue weighted by atomic mass is 9.89. The molecule has 0 unspecified atom stereocenters.